The number of hydrogen-bond donors (Lipinski definition) is 1. The molecule has 0 saturated heterocycles. The number of aliphatic imine (C=N–C) groups is 2. The van der Waals surface area contributed by atoms with Crippen molar-refractivity contribution in [1.82, 2.24) is 9.78 Å². The fourth-order valence-corrected chi connectivity index (χ4v) is 6.39. The van der Waals surface area contributed by atoms with Gasteiger partial charge in [-0.2, -0.15) is 5.10 Å². The molecule has 7 rings (SSSR count). The molecule has 9 nitrogen and oxygen atoms in total. The number of benzene rings is 4. The maximum atomic E-state index is 5.83. The van der Waals surface area contributed by atoms with E-state index in [9.17, 15) is 0 Å². The lowest BCUT2D eigenvalue weighted by atomic mass is 9.92. The van der Waals surface area contributed by atoms with Crippen LogP contribution in [0.1, 0.15) is 48.2 Å². The summed E-state index contributed by atoms with van der Waals surface area (Å²) < 4.78 is 19.3. The minimum atomic E-state index is -0.353. The number of unbranched alkanes of at least 4 members (excludes halogenated alkanes) is 1. The maximum Gasteiger partial charge on any atom is 0.203 e. The Balaban J connectivity index is 1.45. The number of para-hydroxylation sites is 3. The van der Waals surface area contributed by atoms with Crippen LogP contribution < -0.4 is 24.4 Å². The van der Waals surface area contributed by atoms with Crippen molar-refractivity contribution in [3.63, 3.8) is 0 Å². The Morgan fingerprint density at radius 3 is 2.19 bits per heavy atom. The van der Waals surface area contributed by atoms with Gasteiger partial charge in [-0.25, -0.2) is 14.7 Å². The normalized spacial score (nSPS) is 14.7. The second kappa shape index (κ2) is 12.7. The van der Waals surface area contributed by atoms with E-state index in [1.807, 2.05) is 72.3 Å². The quantitative estimate of drug-likeness (QED) is 0.177. The van der Waals surface area contributed by atoms with Gasteiger partial charge in [0.2, 0.25) is 5.75 Å². The van der Waals surface area contributed by atoms with Crippen molar-refractivity contribution in [2.45, 2.75) is 39.2 Å². The third-order valence-electron chi connectivity index (χ3n) is 8.68. The minimum Gasteiger partial charge on any atom is -0.493 e. The molecule has 0 saturated carbocycles. The van der Waals surface area contributed by atoms with Crippen LogP contribution in [-0.2, 0) is 6.42 Å². The zero-order valence-electron chi connectivity index (χ0n) is 27.3. The van der Waals surface area contributed by atoms with Crippen molar-refractivity contribution in [2.24, 2.45) is 9.98 Å². The van der Waals surface area contributed by atoms with E-state index in [1.54, 1.807) is 21.3 Å². The summed E-state index contributed by atoms with van der Waals surface area (Å²) in [5.74, 6) is 3.74. The molecule has 0 radical (unpaired) electrons. The third-order valence-corrected chi connectivity index (χ3v) is 8.68. The van der Waals surface area contributed by atoms with E-state index in [1.165, 1.54) is 18.4 Å². The van der Waals surface area contributed by atoms with E-state index >= 15 is 0 Å². The summed E-state index contributed by atoms with van der Waals surface area (Å²) >= 11 is 0. The van der Waals surface area contributed by atoms with Crippen molar-refractivity contribution < 1.29 is 14.2 Å². The van der Waals surface area contributed by atoms with Crippen molar-refractivity contribution >= 4 is 34.6 Å². The van der Waals surface area contributed by atoms with Crippen molar-refractivity contribution in [3.05, 3.63) is 113 Å². The molecule has 2 aliphatic rings. The number of aryl methyl sites for hydroxylation is 2. The summed E-state index contributed by atoms with van der Waals surface area (Å²) in [5, 5.41) is 8.66. The van der Waals surface area contributed by atoms with Crippen molar-refractivity contribution in [3.8, 4) is 22.9 Å². The molecule has 0 amide bonds. The highest BCUT2D eigenvalue weighted by Gasteiger charge is 2.42. The first-order chi connectivity index (χ1) is 23.0. The summed E-state index contributed by atoms with van der Waals surface area (Å²) in [4.78, 5) is 12.7. The number of nitrogens with zero attached hydrogens (tertiary/aromatic N) is 5. The summed E-state index contributed by atoms with van der Waals surface area (Å²) in [6, 6.07) is 30.5. The minimum absolute atomic E-state index is 0.353. The molecule has 0 fully saturated rings. The Hall–Kier alpha value is -5.57. The van der Waals surface area contributed by atoms with Gasteiger partial charge in [-0.15, -0.1) is 0 Å². The number of amidine groups is 2. The van der Waals surface area contributed by atoms with Gasteiger partial charge < -0.3 is 24.4 Å². The molecular formula is C38H38N6O3. The van der Waals surface area contributed by atoms with E-state index < -0.39 is 0 Å². The van der Waals surface area contributed by atoms with Crippen LogP contribution in [0.15, 0.2) is 101 Å². The molecule has 2 aliphatic heterocycles. The van der Waals surface area contributed by atoms with Gasteiger partial charge in [-0.1, -0.05) is 55.8 Å². The molecule has 1 N–H and O–H groups in total. The van der Waals surface area contributed by atoms with Crippen molar-refractivity contribution in [2.75, 3.05) is 31.5 Å². The topological polar surface area (TPSA) is 85.5 Å². The lowest BCUT2D eigenvalue weighted by Gasteiger charge is -2.40. The number of fused-ring (bicyclic) bond motifs is 4. The number of rotatable bonds is 9. The smallest absolute Gasteiger partial charge is 0.203 e. The Morgan fingerprint density at radius 2 is 1.51 bits per heavy atom. The second-order valence-electron chi connectivity index (χ2n) is 11.6. The molecule has 5 aromatic rings. The molecule has 0 unspecified atom stereocenters. The molecule has 4 aromatic carbocycles. The lowest BCUT2D eigenvalue weighted by molar-refractivity contribution is 0.323. The summed E-state index contributed by atoms with van der Waals surface area (Å²) in [7, 11) is 4.89. The van der Waals surface area contributed by atoms with E-state index in [4.69, 9.17) is 29.3 Å². The number of ether oxygens (including phenoxy) is 3. The predicted octanol–water partition coefficient (Wildman–Crippen LogP) is 8.34. The van der Waals surface area contributed by atoms with E-state index in [-0.39, 0.29) is 6.04 Å². The Bertz CT molecular complexity index is 1960. The molecule has 0 bridgehead atoms. The molecule has 3 heterocycles. The highest BCUT2D eigenvalue weighted by atomic mass is 16.5. The second-order valence-corrected chi connectivity index (χ2v) is 11.6. The fraction of sp³-hybridized carbons (Fsp3) is 0.237. The van der Waals surface area contributed by atoms with Gasteiger partial charge in [0.25, 0.3) is 0 Å². The van der Waals surface area contributed by atoms with Crippen LogP contribution in [-0.4, -0.2) is 42.8 Å². The van der Waals surface area contributed by atoms with E-state index in [0.29, 0.717) is 28.9 Å². The SMILES string of the molecule is CCCCc1ccc(NC2=Nc3ccccc3N3C2=Nc2c(c(C)nn2-c2ccccc2)[C@@H]3c2cc(OC)c(OC)c(OC)c2)cc1. The van der Waals surface area contributed by atoms with Gasteiger partial charge in [0, 0.05) is 11.3 Å². The van der Waals surface area contributed by atoms with Crippen LogP contribution in [0, 0.1) is 6.92 Å². The maximum absolute atomic E-state index is 5.83. The number of hydrogen-bond acceptors (Lipinski definition) is 8. The average Bonchev–Trinajstić information content (AvgIpc) is 3.45. The van der Waals surface area contributed by atoms with Gasteiger partial charge in [-0.3, -0.25) is 0 Å². The third kappa shape index (κ3) is 5.37. The van der Waals surface area contributed by atoms with Gasteiger partial charge in [0.05, 0.1) is 50.1 Å². The Morgan fingerprint density at radius 1 is 0.809 bits per heavy atom. The van der Waals surface area contributed by atoms with Crippen molar-refractivity contribution in [1.29, 1.82) is 0 Å². The first-order valence-electron chi connectivity index (χ1n) is 15.9. The van der Waals surface area contributed by atoms with Crippen LogP contribution in [0.25, 0.3) is 5.69 Å². The lowest BCUT2D eigenvalue weighted by Crippen LogP contribution is -2.46. The van der Waals surface area contributed by atoms with Gasteiger partial charge in [0.1, 0.15) is 0 Å². The van der Waals surface area contributed by atoms with Crippen LogP contribution >= 0.6 is 0 Å². The highest BCUT2D eigenvalue weighted by molar-refractivity contribution is 6.51. The zero-order valence-corrected chi connectivity index (χ0v) is 27.3. The number of anilines is 2. The number of methoxy groups -OCH3 is 3. The van der Waals surface area contributed by atoms with Gasteiger partial charge >= 0.3 is 0 Å². The van der Waals surface area contributed by atoms with Crippen LogP contribution in [0.4, 0.5) is 22.9 Å². The monoisotopic (exact) mass is 626 g/mol. The molecule has 238 valence electrons. The Labute approximate surface area is 275 Å². The summed E-state index contributed by atoms with van der Waals surface area (Å²) in [6.07, 6.45) is 3.40. The first-order valence-corrected chi connectivity index (χ1v) is 15.9. The zero-order chi connectivity index (χ0) is 32.5. The standard InChI is InChI=1S/C38H38N6O3/c1-6-7-13-25-18-20-27(21-19-25)39-36-38-41-37-33(24(2)42-44(37)28-14-9-8-10-15-28)34(43(38)30-17-12-11-16-29(30)40-36)26-22-31(45-3)35(47-5)32(23-26)46-4/h8-12,14-23,34H,6-7,13H2,1-5H3,(H,39,40)/t34-/m0/s1. The van der Waals surface area contributed by atoms with Crippen LogP contribution in [0.2, 0.25) is 0 Å². The van der Waals surface area contributed by atoms with Crippen LogP contribution in [0.3, 0.4) is 0 Å². The van der Waals surface area contributed by atoms with E-state index in [2.05, 4.69) is 47.5 Å². The Kier molecular flexibility index (Phi) is 8.12. The summed E-state index contributed by atoms with van der Waals surface area (Å²) in [6.45, 7) is 4.25. The molecular weight excluding hydrogens is 588 g/mol. The molecule has 9 heteroatoms. The molecule has 47 heavy (non-hydrogen) atoms. The van der Waals surface area contributed by atoms with Gasteiger partial charge in [0.15, 0.2) is 29.0 Å². The average molecular weight is 627 g/mol. The first kappa shape index (κ1) is 30.1. The molecule has 0 spiro atoms. The number of nitrogens with one attached hydrogen (secondary N) is 1. The van der Waals surface area contributed by atoms with E-state index in [0.717, 1.165) is 51.8 Å². The summed E-state index contributed by atoms with van der Waals surface area (Å²) in [5.41, 5.74) is 7.72. The molecule has 0 aliphatic carbocycles. The highest BCUT2D eigenvalue weighted by Crippen LogP contribution is 2.50. The van der Waals surface area contributed by atoms with Gasteiger partial charge in [-0.05, 0) is 79.4 Å². The van der Waals surface area contributed by atoms with Crippen LogP contribution in [0.5, 0.6) is 17.2 Å². The fourth-order valence-electron chi connectivity index (χ4n) is 6.39. The molecule has 1 aromatic heterocycles. The predicted molar refractivity (Wildman–Crippen MR) is 188 cm³/mol. The number of aromatic nitrogens is 2. The molecule has 1 atom stereocenters. The largest absolute Gasteiger partial charge is 0.493 e.